The molecule has 0 atom stereocenters. The zero-order valence-corrected chi connectivity index (χ0v) is 10.8. The number of carboxylic acids is 1. The molecule has 0 fully saturated rings. The van der Waals surface area contributed by atoms with Crippen molar-refractivity contribution in [3.8, 4) is 0 Å². The molecule has 0 aliphatic carbocycles. The quantitative estimate of drug-likeness (QED) is 0.806. The molecule has 0 aliphatic heterocycles. The van der Waals surface area contributed by atoms with E-state index in [0.717, 1.165) is 18.2 Å². The lowest BCUT2D eigenvalue weighted by atomic mass is 10.2. The van der Waals surface area contributed by atoms with Gasteiger partial charge in [0.2, 0.25) is 0 Å². The Kier molecular flexibility index (Phi) is 3.13. The Bertz CT molecular complexity index is 843. The highest BCUT2D eigenvalue weighted by Crippen LogP contribution is 2.18. The molecular formula is C15H10F2N2O2. The van der Waals surface area contributed by atoms with Crippen molar-refractivity contribution in [1.29, 1.82) is 0 Å². The molecule has 3 rings (SSSR count). The highest BCUT2D eigenvalue weighted by Gasteiger charge is 2.10. The van der Waals surface area contributed by atoms with Crippen LogP contribution in [-0.2, 0) is 6.54 Å². The number of aromatic carboxylic acids is 1. The molecule has 0 radical (unpaired) electrons. The van der Waals surface area contributed by atoms with E-state index in [1.807, 2.05) is 0 Å². The van der Waals surface area contributed by atoms with Gasteiger partial charge >= 0.3 is 5.97 Å². The average Bonchev–Trinajstić information content (AvgIpc) is 2.85. The van der Waals surface area contributed by atoms with Crippen molar-refractivity contribution in [2.24, 2.45) is 0 Å². The summed E-state index contributed by atoms with van der Waals surface area (Å²) in [6, 6.07) is 7.71. The van der Waals surface area contributed by atoms with Crippen molar-refractivity contribution in [3.63, 3.8) is 0 Å². The summed E-state index contributed by atoms with van der Waals surface area (Å²) in [6.07, 6.45) is 1.47. The topological polar surface area (TPSA) is 55.1 Å². The van der Waals surface area contributed by atoms with Crippen LogP contribution in [0.25, 0.3) is 11.0 Å². The Labute approximate surface area is 118 Å². The molecule has 1 aromatic heterocycles. The van der Waals surface area contributed by atoms with Crippen LogP contribution in [0.15, 0.2) is 42.7 Å². The summed E-state index contributed by atoms with van der Waals surface area (Å²) in [7, 11) is 0. The second-order valence-corrected chi connectivity index (χ2v) is 4.62. The lowest BCUT2D eigenvalue weighted by Gasteiger charge is -2.06. The SMILES string of the molecule is O=C(O)c1ccc2ncn(Cc3cc(F)ccc3F)c2c1. The van der Waals surface area contributed by atoms with Gasteiger partial charge in [0.05, 0.1) is 29.5 Å². The van der Waals surface area contributed by atoms with E-state index in [-0.39, 0.29) is 17.7 Å². The maximum Gasteiger partial charge on any atom is 0.335 e. The number of benzene rings is 2. The molecule has 0 saturated carbocycles. The van der Waals surface area contributed by atoms with E-state index in [1.54, 1.807) is 10.6 Å². The van der Waals surface area contributed by atoms with Gasteiger partial charge in [-0.3, -0.25) is 0 Å². The van der Waals surface area contributed by atoms with E-state index in [0.29, 0.717) is 11.0 Å². The van der Waals surface area contributed by atoms with E-state index < -0.39 is 17.6 Å². The van der Waals surface area contributed by atoms with E-state index in [9.17, 15) is 13.6 Å². The molecule has 3 aromatic rings. The molecule has 0 unspecified atom stereocenters. The van der Waals surface area contributed by atoms with Gasteiger partial charge < -0.3 is 9.67 Å². The third kappa shape index (κ3) is 2.47. The number of hydrogen-bond acceptors (Lipinski definition) is 2. The minimum atomic E-state index is -1.05. The number of rotatable bonds is 3. The van der Waals surface area contributed by atoms with Gasteiger partial charge in [-0.2, -0.15) is 0 Å². The molecule has 1 N–H and O–H groups in total. The molecule has 4 nitrogen and oxygen atoms in total. The summed E-state index contributed by atoms with van der Waals surface area (Å²) in [6.45, 7) is 0.0726. The zero-order valence-electron chi connectivity index (χ0n) is 10.8. The van der Waals surface area contributed by atoms with Crippen molar-refractivity contribution in [1.82, 2.24) is 9.55 Å². The zero-order chi connectivity index (χ0) is 15.0. The van der Waals surface area contributed by atoms with Gasteiger partial charge in [-0.05, 0) is 36.4 Å². The van der Waals surface area contributed by atoms with E-state index >= 15 is 0 Å². The third-order valence-corrected chi connectivity index (χ3v) is 3.22. The summed E-state index contributed by atoms with van der Waals surface area (Å²) >= 11 is 0. The van der Waals surface area contributed by atoms with E-state index in [1.165, 1.54) is 18.5 Å². The highest BCUT2D eigenvalue weighted by atomic mass is 19.1. The van der Waals surface area contributed by atoms with E-state index in [2.05, 4.69) is 4.98 Å². The summed E-state index contributed by atoms with van der Waals surface area (Å²) in [5.74, 6) is -2.10. The minimum absolute atomic E-state index is 0.0726. The van der Waals surface area contributed by atoms with Crippen LogP contribution in [0.4, 0.5) is 8.78 Å². The number of nitrogens with zero attached hydrogens (tertiary/aromatic N) is 2. The van der Waals surface area contributed by atoms with E-state index in [4.69, 9.17) is 5.11 Å². The van der Waals surface area contributed by atoms with Gasteiger partial charge in [-0.1, -0.05) is 0 Å². The number of carboxylic acid groups (broad SMARTS) is 1. The maximum atomic E-state index is 13.7. The first-order valence-electron chi connectivity index (χ1n) is 6.17. The Balaban J connectivity index is 2.06. The van der Waals surface area contributed by atoms with Crippen LogP contribution < -0.4 is 0 Å². The normalized spacial score (nSPS) is 11.0. The molecule has 0 saturated heterocycles. The lowest BCUT2D eigenvalue weighted by molar-refractivity contribution is 0.0697. The molecule has 0 spiro atoms. The fourth-order valence-electron chi connectivity index (χ4n) is 2.16. The summed E-state index contributed by atoms with van der Waals surface area (Å²) < 4.78 is 28.4. The Morgan fingerprint density at radius 1 is 1.19 bits per heavy atom. The van der Waals surface area contributed by atoms with Crippen LogP contribution in [0.2, 0.25) is 0 Å². The van der Waals surface area contributed by atoms with Crippen molar-refractivity contribution in [2.75, 3.05) is 0 Å². The monoisotopic (exact) mass is 288 g/mol. The number of aromatic nitrogens is 2. The fraction of sp³-hybridized carbons (Fsp3) is 0.0667. The molecule has 21 heavy (non-hydrogen) atoms. The van der Waals surface area contributed by atoms with Crippen molar-refractivity contribution in [2.45, 2.75) is 6.54 Å². The molecule has 0 bridgehead atoms. The van der Waals surface area contributed by atoms with Gasteiger partial charge in [-0.25, -0.2) is 18.6 Å². The van der Waals surface area contributed by atoms with Gasteiger partial charge in [0.1, 0.15) is 11.6 Å². The van der Waals surface area contributed by atoms with Crippen LogP contribution in [0.1, 0.15) is 15.9 Å². The van der Waals surface area contributed by atoms with Crippen LogP contribution in [-0.4, -0.2) is 20.6 Å². The molecule has 1 heterocycles. The molecular weight excluding hydrogens is 278 g/mol. The van der Waals surface area contributed by atoms with Crippen molar-refractivity contribution in [3.05, 3.63) is 65.5 Å². The van der Waals surface area contributed by atoms with Gasteiger partial charge in [0.15, 0.2) is 0 Å². The number of carbonyl (C=O) groups is 1. The molecule has 2 aromatic carbocycles. The second-order valence-electron chi connectivity index (χ2n) is 4.62. The first kappa shape index (κ1) is 13.2. The van der Waals surface area contributed by atoms with Crippen LogP contribution >= 0.6 is 0 Å². The predicted octanol–water partition coefficient (Wildman–Crippen LogP) is 3.06. The van der Waals surface area contributed by atoms with Crippen LogP contribution in [0.5, 0.6) is 0 Å². The summed E-state index contributed by atoms with van der Waals surface area (Å²) in [5, 5.41) is 9.00. The van der Waals surface area contributed by atoms with Gasteiger partial charge in [-0.15, -0.1) is 0 Å². The van der Waals surface area contributed by atoms with Crippen LogP contribution in [0, 0.1) is 11.6 Å². The van der Waals surface area contributed by atoms with Gasteiger partial charge in [0.25, 0.3) is 0 Å². The summed E-state index contributed by atoms with van der Waals surface area (Å²) in [4.78, 5) is 15.1. The molecule has 0 amide bonds. The van der Waals surface area contributed by atoms with Crippen LogP contribution in [0.3, 0.4) is 0 Å². The smallest absolute Gasteiger partial charge is 0.335 e. The first-order chi connectivity index (χ1) is 10.0. The Hall–Kier alpha value is -2.76. The number of hydrogen-bond donors (Lipinski definition) is 1. The first-order valence-corrected chi connectivity index (χ1v) is 6.17. The second kappa shape index (κ2) is 4.97. The number of halogens is 2. The molecule has 0 aliphatic rings. The third-order valence-electron chi connectivity index (χ3n) is 3.22. The van der Waals surface area contributed by atoms with Crippen molar-refractivity contribution < 1.29 is 18.7 Å². The average molecular weight is 288 g/mol. The van der Waals surface area contributed by atoms with Gasteiger partial charge in [0, 0.05) is 5.56 Å². The Morgan fingerprint density at radius 3 is 2.76 bits per heavy atom. The highest BCUT2D eigenvalue weighted by molar-refractivity contribution is 5.92. The molecule has 106 valence electrons. The van der Waals surface area contributed by atoms with Crippen molar-refractivity contribution >= 4 is 17.0 Å². The maximum absolute atomic E-state index is 13.7. The molecule has 6 heteroatoms. The fourth-order valence-corrected chi connectivity index (χ4v) is 2.16. The largest absolute Gasteiger partial charge is 0.478 e. The predicted molar refractivity (Wildman–Crippen MR) is 72.2 cm³/mol. The summed E-state index contributed by atoms with van der Waals surface area (Å²) in [5.41, 5.74) is 1.44. The lowest BCUT2D eigenvalue weighted by Crippen LogP contribution is -2.02. The standard InChI is InChI=1S/C15H10F2N2O2/c16-11-2-3-12(17)10(5-11)7-19-8-18-13-4-1-9(15(20)21)6-14(13)19/h1-6,8H,7H2,(H,20,21). The minimum Gasteiger partial charge on any atom is -0.478 e. The number of fused-ring (bicyclic) bond motifs is 1. The Morgan fingerprint density at radius 2 is 2.00 bits per heavy atom. The number of imidazole rings is 1.